The number of rotatable bonds is 6. The first-order chi connectivity index (χ1) is 12.0. The van der Waals surface area contributed by atoms with Gasteiger partial charge in [-0.05, 0) is 48.6 Å². The number of nitrogens with one attached hydrogen (secondary N) is 2. The van der Waals surface area contributed by atoms with Crippen LogP contribution in [0.1, 0.15) is 10.4 Å². The number of ether oxygens (including phenoxy) is 2. The van der Waals surface area contributed by atoms with Gasteiger partial charge in [0.15, 0.2) is 11.7 Å². The first-order valence-electron chi connectivity index (χ1n) is 7.19. The van der Waals surface area contributed by atoms with E-state index in [1.807, 2.05) is 0 Å². The van der Waals surface area contributed by atoms with Crippen molar-refractivity contribution >= 4 is 34.9 Å². The fraction of sp³-hybridized carbons (Fsp3) is 0.118. The van der Waals surface area contributed by atoms with Gasteiger partial charge in [0.25, 0.3) is 5.91 Å². The quantitative estimate of drug-likeness (QED) is 0.680. The van der Waals surface area contributed by atoms with Crippen LogP contribution in [0.4, 0.5) is 5.69 Å². The summed E-state index contributed by atoms with van der Waals surface area (Å²) in [5, 5.41) is 14.2. The summed E-state index contributed by atoms with van der Waals surface area (Å²) in [7, 11) is 1.56. The van der Waals surface area contributed by atoms with Crippen molar-refractivity contribution in [2.45, 2.75) is 0 Å². The summed E-state index contributed by atoms with van der Waals surface area (Å²) in [5.74, 6) is -0.383. The number of hydrogen-bond donors (Lipinski definition) is 3. The molecule has 0 aliphatic rings. The lowest BCUT2D eigenvalue weighted by Gasteiger charge is -2.12. The summed E-state index contributed by atoms with van der Waals surface area (Å²) >= 11 is 5.01. The summed E-state index contributed by atoms with van der Waals surface area (Å²) in [6.45, 7) is -0.241. The normalized spacial score (nSPS) is 9.80. The van der Waals surface area contributed by atoms with E-state index in [0.717, 1.165) is 0 Å². The lowest BCUT2D eigenvalue weighted by atomic mass is 10.2. The molecule has 25 heavy (non-hydrogen) atoms. The Kier molecular flexibility index (Phi) is 6.30. The van der Waals surface area contributed by atoms with Gasteiger partial charge < -0.3 is 19.9 Å². The Hall–Kier alpha value is -3.13. The Balaban J connectivity index is 1.85. The van der Waals surface area contributed by atoms with Crippen LogP contribution in [0.25, 0.3) is 0 Å². The molecule has 2 aromatic rings. The van der Waals surface area contributed by atoms with Crippen LogP contribution in [0, 0.1) is 0 Å². The number of thiocarbonyl (C=S) groups is 1. The number of carbonyl (C=O) groups is 2. The fourth-order valence-electron chi connectivity index (χ4n) is 1.92. The molecule has 7 nitrogen and oxygen atoms in total. The van der Waals surface area contributed by atoms with Gasteiger partial charge in [-0.2, -0.15) is 0 Å². The van der Waals surface area contributed by atoms with Gasteiger partial charge in [0.2, 0.25) is 0 Å². The number of amides is 1. The molecular weight excluding hydrogens is 344 g/mol. The average molecular weight is 360 g/mol. The van der Waals surface area contributed by atoms with Crippen molar-refractivity contribution in [1.29, 1.82) is 0 Å². The summed E-state index contributed by atoms with van der Waals surface area (Å²) in [5.41, 5.74) is 0.338. The second-order valence-electron chi connectivity index (χ2n) is 4.82. The summed E-state index contributed by atoms with van der Waals surface area (Å²) in [4.78, 5) is 23.0. The third-order valence-electron chi connectivity index (χ3n) is 3.09. The van der Waals surface area contributed by atoms with E-state index in [0.29, 0.717) is 11.5 Å². The summed E-state index contributed by atoms with van der Waals surface area (Å²) in [6, 6.07) is 13.0. The van der Waals surface area contributed by atoms with Gasteiger partial charge >= 0.3 is 5.97 Å². The highest BCUT2D eigenvalue weighted by molar-refractivity contribution is 7.80. The largest absolute Gasteiger partial charge is 0.497 e. The minimum atomic E-state index is -1.10. The zero-order valence-corrected chi connectivity index (χ0v) is 14.1. The maximum absolute atomic E-state index is 11.9. The molecule has 0 unspecified atom stereocenters. The molecule has 0 bridgehead atoms. The van der Waals surface area contributed by atoms with Gasteiger partial charge in [0.05, 0.1) is 18.4 Å². The second kappa shape index (κ2) is 8.65. The highest BCUT2D eigenvalue weighted by Crippen LogP contribution is 2.17. The Bertz CT molecular complexity index is 777. The molecule has 0 fully saturated rings. The topological polar surface area (TPSA) is 96.9 Å². The lowest BCUT2D eigenvalue weighted by Crippen LogP contribution is -2.37. The van der Waals surface area contributed by atoms with Crippen LogP contribution < -0.4 is 20.1 Å². The van der Waals surface area contributed by atoms with Gasteiger partial charge in [-0.1, -0.05) is 12.1 Å². The van der Waals surface area contributed by atoms with Gasteiger partial charge in [0, 0.05) is 0 Å². The van der Waals surface area contributed by atoms with Crippen molar-refractivity contribution < 1.29 is 24.2 Å². The molecule has 8 heteroatoms. The first kappa shape index (κ1) is 18.2. The van der Waals surface area contributed by atoms with Crippen molar-refractivity contribution in [2.75, 3.05) is 19.0 Å². The number of carboxylic acids is 1. The van der Waals surface area contributed by atoms with E-state index in [9.17, 15) is 9.59 Å². The highest BCUT2D eigenvalue weighted by atomic mass is 32.1. The maximum atomic E-state index is 11.9. The smallest absolute Gasteiger partial charge is 0.337 e. The van der Waals surface area contributed by atoms with Crippen molar-refractivity contribution in [1.82, 2.24) is 5.32 Å². The third kappa shape index (κ3) is 5.47. The Morgan fingerprint density at radius 1 is 1.08 bits per heavy atom. The molecule has 0 saturated heterocycles. The zero-order valence-electron chi connectivity index (χ0n) is 13.3. The van der Waals surface area contributed by atoms with Gasteiger partial charge in [-0.15, -0.1) is 0 Å². The molecule has 0 saturated carbocycles. The molecule has 130 valence electrons. The van der Waals surface area contributed by atoms with Crippen molar-refractivity contribution in [2.24, 2.45) is 0 Å². The minimum absolute atomic E-state index is 0.0166. The van der Waals surface area contributed by atoms with Crippen molar-refractivity contribution in [3.63, 3.8) is 0 Å². The predicted octanol–water partition coefficient (Wildman–Crippen LogP) is 2.29. The molecule has 0 radical (unpaired) electrons. The monoisotopic (exact) mass is 360 g/mol. The van der Waals surface area contributed by atoms with Crippen LogP contribution in [-0.4, -0.2) is 35.8 Å². The van der Waals surface area contributed by atoms with E-state index in [4.69, 9.17) is 26.8 Å². The van der Waals surface area contributed by atoms with Crippen molar-refractivity contribution in [3.05, 3.63) is 54.1 Å². The molecular formula is C17H16N2O5S. The van der Waals surface area contributed by atoms with Crippen LogP contribution in [0.5, 0.6) is 11.5 Å². The van der Waals surface area contributed by atoms with Crippen molar-refractivity contribution in [3.8, 4) is 11.5 Å². The van der Waals surface area contributed by atoms with E-state index in [-0.39, 0.29) is 23.0 Å². The number of anilines is 1. The van der Waals surface area contributed by atoms with Crippen LogP contribution in [0.2, 0.25) is 0 Å². The molecule has 0 aromatic heterocycles. The fourth-order valence-corrected chi connectivity index (χ4v) is 2.14. The molecule has 0 aliphatic carbocycles. The number of carbonyl (C=O) groups excluding carboxylic acids is 1. The average Bonchev–Trinajstić information content (AvgIpc) is 2.60. The maximum Gasteiger partial charge on any atom is 0.337 e. The van der Waals surface area contributed by atoms with E-state index in [1.54, 1.807) is 49.6 Å². The summed E-state index contributed by atoms with van der Waals surface area (Å²) < 4.78 is 10.4. The van der Waals surface area contributed by atoms with Gasteiger partial charge in [-0.3, -0.25) is 10.1 Å². The third-order valence-corrected chi connectivity index (χ3v) is 3.29. The molecule has 0 heterocycles. The number of benzene rings is 2. The minimum Gasteiger partial charge on any atom is -0.497 e. The molecule has 0 spiro atoms. The Morgan fingerprint density at radius 3 is 2.36 bits per heavy atom. The van der Waals surface area contributed by atoms with Crippen LogP contribution >= 0.6 is 12.2 Å². The summed E-state index contributed by atoms with van der Waals surface area (Å²) in [6.07, 6.45) is 0. The Labute approximate surface area is 149 Å². The SMILES string of the molecule is COc1ccc(OCC(=O)NC(=S)Nc2ccccc2C(=O)O)cc1. The molecule has 2 aromatic carbocycles. The number of hydrogen-bond acceptors (Lipinski definition) is 5. The molecule has 1 amide bonds. The van der Waals surface area contributed by atoms with Gasteiger partial charge in [-0.25, -0.2) is 4.79 Å². The van der Waals surface area contributed by atoms with E-state index < -0.39 is 11.9 Å². The number of para-hydroxylation sites is 1. The van der Waals surface area contributed by atoms with E-state index >= 15 is 0 Å². The van der Waals surface area contributed by atoms with Crippen LogP contribution in [0.3, 0.4) is 0 Å². The standard InChI is InChI=1S/C17H16N2O5S/c1-23-11-6-8-12(9-7-11)24-10-15(20)19-17(25)18-14-5-3-2-4-13(14)16(21)22/h2-9H,10H2,1H3,(H,21,22)(H2,18,19,20,25). The second-order valence-corrected chi connectivity index (χ2v) is 5.23. The molecule has 3 N–H and O–H groups in total. The first-order valence-corrected chi connectivity index (χ1v) is 7.60. The lowest BCUT2D eigenvalue weighted by molar-refractivity contribution is -0.121. The van der Waals surface area contributed by atoms with E-state index in [2.05, 4.69) is 10.6 Å². The van der Waals surface area contributed by atoms with Crippen LogP contribution in [-0.2, 0) is 4.79 Å². The molecule has 0 aliphatic heterocycles. The van der Waals surface area contributed by atoms with E-state index in [1.165, 1.54) is 6.07 Å². The highest BCUT2D eigenvalue weighted by Gasteiger charge is 2.11. The predicted molar refractivity (Wildman–Crippen MR) is 96.3 cm³/mol. The number of carboxylic acid groups (broad SMARTS) is 1. The van der Waals surface area contributed by atoms with Crippen LogP contribution in [0.15, 0.2) is 48.5 Å². The Morgan fingerprint density at radius 2 is 1.72 bits per heavy atom. The number of methoxy groups -OCH3 is 1. The van der Waals surface area contributed by atoms with Gasteiger partial charge in [0.1, 0.15) is 11.5 Å². The molecule has 0 atom stereocenters. The zero-order chi connectivity index (χ0) is 18.2. The number of aromatic carboxylic acids is 1. The molecule has 2 rings (SSSR count).